The molecule has 0 radical (unpaired) electrons. The largest absolute Gasteiger partial charge is 0.457 e. The summed E-state index contributed by atoms with van der Waals surface area (Å²) < 4.78 is 34.1. The van der Waals surface area contributed by atoms with E-state index < -0.39 is 10.0 Å². The van der Waals surface area contributed by atoms with E-state index in [1.807, 2.05) is 56.4 Å². The molecule has 0 bridgehead atoms. The van der Waals surface area contributed by atoms with Crippen LogP contribution in [0.2, 0.25) is 0 Å². The number of hydrogen-bond acceptors (Lipinski definition) is 3. The molecule has 0 unspecified atom stereocenters. The van der Waals surface area contributed by atoms with E-state index in [1.54, 1.807) is 18.2 Å². The lowest BCUT2D eigenvalue weighted by atomic mass is 10.1. The molecule has 0 fully saturated rings. The minimum atomic E-state index is -3.72. The van der Waals surface area contributed by atoms with Crippen LogP contribution in [0.3, 0.4) is 0 Å². The minimum Gasteiger partial charge on any atom is -0.457 e. The molecule has 0 saturated carbocycles. The first kappa shape index (κ1) is 18.1. The van der Waals surface area contributed by atoms with Crippen molar-refractivity contribution in [2.75, 3.05) is 4.72 Å². The second-order valence-electron chi connectivity index (χ2n) is 6.64. The van der Waals surface area contributed by atoms with Crippen molar-refractivity contribution in [3.63, 3.8) is 0 Å². The maximum atomic E-state index is 12.8. The van der Waals surface area contributed by atoms with E-state index in [4.69, 9.17) is 4.74 Å². The third kappa shape index (κ3) is 3.46. The SMILES string of the molecule is Cc1ccc(NS(=O)(=O)c2ccc(Oc3ccccc3)cc2)c2[nH]cc(C)c12. The number of benzene rings is 3. The highest BCUT2D eigenvalue weighted by Gasteiger charge is 2.17. The number of sulfonamides is 1. The first-order valence-electron chi connectivity index (χ1n) is 8.87. The predicted molar refractivity (Wildman–Crippen MR) is 112 cm³/mol. The van der Waals surface area contributed by atoms with Gasteiger partial charge in [-0.05, 0) is 67.4 Å². The van der Waals surface area contributed by atoms with E-state index in [0.29, 0.717) is 17.2 Å². The fraction of sp³-hybridized carbons (Fsp3) is 0.0909. The van der Waals surface area contributed by atoms with Gasteiger partial charge < -0.3 is 9.72 Å². The molecule has 0 amide bonds. The molecule has 4 rings (SSSR count). The molecule has 1 aromatic heterocycles. The van der Waals surface area contributed by atoms with Crippen LogP contribution in [0.4, 0.5) is 5.69 Å². The van der Waals surface area contributed by atoms with Crippen LogP contribution in [0.1, 0.15) is 11.1 Å². The summed E-state index contributed by atoms with van der Waals surface area (Å²) >= 11 is 0. The molecule has 6 heteroatoms. The monoisotopic (exact) mass is 392 g/mol. The van der Waals surface area contributed by atoms with Gasteiger partial charge in [-0.3, -0.25) is 4.72 Å². The van der Waals surface area contributed by atoms with Crippen molar-refractivity contribution < 1.29 is 13.2 Å². The van der Waals surface area contributed by atoms with Gasteiger partial charge in [0, 0.05) is 11.6 Å². The number of H-pyrrole nitrogens is 1. The zero-order valence-electron chi connectivity index (χ0n) is 15.6. The zero-order valence-corrected chi connectivity index (χ0v) is 16.4. The molecule has 0 aliphatic carbocycles. The molecule has 3 aromatic carbocycles. The average Bonchev–Trinajstić information content (AvgIpc) is 3.08. The number of aromatic amines is 1. The number of rotatable bonds is 5. The maximum absolute atomic E-state index is 12.8. The number of aromatic nitrogens is 1. The fourth-order valence-electron chi connectivity index (χ4n) is 3.22. The van der Waals surface area contributed by atoms with E-state index >= 15 is 0 Å². The van der Waals surface area contributed by atoms with Crippen LogP contribution in [0.15, 0.2) is 77.8 Å². The molecule has 0 saturated heterocycles. The molecule has 0 atom stereocenters. The summed E-state index contributed by atoms with van der Waals surface area (Å²) in [5.74, 6) is 1.27. The van der Waals surface area contributed by atoms with Crippen molar-refractivity contribution in [2.24, 2.45) is 0 Å². The van der Waals surface area contributed by atoms with Gasteiger partial charge in [-0.15, -0.1) is 0 Å². The van der Waals surface area contributed by atoms with E-state index in [0.717, 1.165) is 22.0 Å². The van der Waals surface area contributed by atoms with Gasteiger partial charge in [0.05, 0.1) is 16.1 Å². The lowest BCUT2D eigenvalue weighted by molar-refractivity contribution is 0.482. The smallest absolute Gasteiger partial charge is 0.261 e. The van der Waals surface area contributed by atoms with Crippen LogP contribution >= 0.6 is 0 Å². The Kier molecular flexibility index (Phi) is 4.57. The molecule has 0 aliphatic rings. The summed E-state index contributed by atoms with van der Waals surface area (Å²) in [6.07, 6.45) is 1.88. The highest BCUT2D eigenvalue weighted by Crippen LogP contribution is 2.30. The quantitative estimate of drug-likeness (QED) is 0.479. The first-order chi connectivity index (χ1) is 13.4. The summed E-state index contributed by atoms with van der Waals surface area (Å²) in [6.45, 7) is 4.00. The molecule has 5 nitrogen and oxygen atoms in total. The normalized spacial score (nSPS) is 11.5. The molecule has 2 N–H and O–H groups in total. The molecular weight excluding hydrogens is 372 g/mol. The van der Waals surface area contributed by atoms with Crippen molar-refractivity contribution in [1.29, 1.82) is 0 Å². The van der Waals surface area contributed by atoms with Crippen LogP contribution < -0.4 is 9.46 Å². The number of fused-ring (bicyclic) bond motifs is 1. The summed E-state index contributed by atoms with van der Waals surface area (Å²) in [4.78, 5) is 3.33. The molecule has 4 aromatic rings. The number of nitrogens with one attached hydrogen (secondary N) is 2. The summed E-state index contributed by atoms with van der Waals surface area (Å²) in [7, 11) is -3.72. The first-order valence-corrected chi connectivity index (χ1v) is 10.4. The summed E-state index contributed by atoms with van der Waals surface area (Å²) in [5.41, 5.74) is 3.48. The van der Waals surface area contributed by atoms with Crippen molar-refractivity contribution in [2.45, 2.75) is 18.7 Å². The van der Waals surface area contributed by atoms with Gasteiger partial charge in [-0.2, -0.15) is 0 Å². The van der Waals surface area contributed by atoms with Gasteiger partial charge in [0.1, 0.15) is 11.5 Å². The Balaban J connectivity index is 1.60. The Labute approximate surface area is 164 Å². The summed E-state index contributed by atoms with van der Waals surface area (Å²) in [5, 5.41) is 1.03. The third-order valence-electron chi connectivity index (χ3n) is 4.60. The lowest BCUT2D eigenvalue weighted by Gasteiger charge is -2.11. The predicted octanol–water partition coefficient (Wildman–Crippen LogP) is 5.38. The molecule has 0 aliphatic heterocycles. The highest BCUT2D eigenvalue weighted by atomic mass is 32.2. The Bertz CT molecular complexity index is 1230. The average molecular weight is 392 g/mol. The van der Waals surface area contributed by atoms with E-state index in [-0.39, 0.29) is 4.90 Å². The molecular formula is C22H20N2O3S. The van der Waals surface area contributed by atoms with Gasteiger partial charge >= 0.3 is 0 Å². The van der Waals surface area contributed by atoms with Crippen LogP contribution in [0.25, 0.3) is 10.9 Å². The number of para-hydroxylation sites is 1. The van der Waals surface area contributed by atoms with Gasteiger partial charge in [-0.25, -0.2) is 8.42 Å². The Morgan fingerprint density at radius 1 is 0.821 bits per heavy atom. The number of aryl methyl sites for hydroxylation is 2. The maximum Gasteiger partial charge on any atom is 0.261 e. The van der Waals surface area contributed by atoms with E-state index in [2.05, 4.69) is 9.71 Å². The van der Waals surface area contributed by atoms with Crippen LogP contribution in [0, 0.1) is 13.8 Å². The molecule has 0 spiro atoms. The van der Waals surface area contributed by atoms with Gasteiger partial charge in [0.2, 0.25) is 0 Å². The number of ether oxygens (including phenoxy) is 1. The minimum absolute atomic E-state index is 0.171. The Hall–Kier alpha value is -3.25. The summed E-state index contributed by atoms with van der Waals surface area (Å²) in [6, 6.07) is 19.4. The van der Waals surface area contributed by atoms with Gasteiger partial charge in [0.25, 0.3) is 10.0 Å². The van der Waals surface area contributed by atoms with Crippen LogP contribution in [0.5, 0.6) is 11.5 Å². The molecule has 1 heterocycles. The van der Waals surface area contributed by atoms with Gasteiger partial charge in [-0.1, -0.05) is 24.3 Å². The molecule has 142 valence electrons. The Morgan fingerprint density at radius 2 is 1.50 bits per heavy atom. The highest BCUT2D eigenvalue weighted by molar-refractivity contribution is 7.92. The number of anilines is 1. The third-order valence-corrected chi connectivity index (χ3v) is 5.98. The van der Waals surface area contributed by atoms with E-state index in [9.17, 15) is 8.42 Å². The topological polar surface area (TPSA) is 71.2 Å². The van der Waals surface area contributed by atoms with E-state index in [1.165, 1.54) is 12.1 Å². The van der Waals surface area contributed by atoms with Gasteiger partial charge in [0.15, 0.2) is 0 Å². The molecule has 28 heavy (non-hydrogen) atoms. The van der Waals surface area contributed by atoms with Crippen molar-refractivity contribution >= 4 is 26.6 Å². The standard InChI is InChI=1S/C22H20N2O3S/c1-15-8-13-20(22-21(15)16(2)14-23-22)24-28(25,26)19-11-9-18(10-12-19)27-17-6-4-3-5-7-17/h3-14,23-24H,1-2H3. The zero-order chi connectivity index (χ0) is 19.7. The lowest BCUT2D eigenvalue weighted by Crippen LogP contribution is -2.13. The Morgan fingerprint density at radius 3 is 2.21 bits per heavy atom. The number of hydrogen-bond donors (Lipinski definition) is 2. The van der Waals surface area contributed by atoms with Crippen LogP contribution in [-0.2, 0) is 10.0 Å². The fourth-order valence-corrected chi connectivity index (χ4v) is 4.29. The van der Waals surface area contributed by atoms with Crippen molar-refractivity contribution in [3.8, 4) is 11.5 Å². The van der Waals surface area contributed by atoms with Crippen molar-refractivity contribution in [3.05, 3.63) is 84.1 Å². The van der Waals surface area contributed by atoms with Crippen LogP contribution in [-0.4, -0.2) is 13.4 Å². The van der Waals surface area contributed by atoms with Crippen molar-refractivity contribution in [1.82, 2.24) is 4.98 Å². The second kappa shape index (κ2) is 7.05. The second-order valence-corrected chi connectivity index (χ2v) is 8.33.